The number of fused-ring (bicyclic) bond motifs is 1. The Kier molecular flexibility index (Phi) is 6.59. The largest absolute Gasteiger partial charge is 0.354 e. The molecule has 0 radical (unpaired) electrons. The predicted octanol–water partition coefficient (Wildman–Crippen LogP) is 3.00. The summed E-state index contributed by atoms with van der Waals surface area (Å²) in [7, 11) is 0. The Morgan fingerprint density at radius 2 is 1.93 bits per heavy atom. The minimum absolute atomic E-state index is 0.0772. The molecule has 30 heavy (non-hydrogen) atoms. The lowest BCUT2D eigenvalue weighted by atomic mass is 9.89. The van der Waals surface area contributed by atoms with Crippen LogP contribution in [-0.2, 0) is 16.1 Å². The lowest BCUT2D eigenvalue weighted by molar-refractivity contribution is -0.126. The standard InChI is InChI=1S/C21H24N4O3S2/c26-17(22-8-9-23-19(27)14-5-2-1-3-6-14)11-25-13-24-20-18(21(25)28)15(12-30-20)16-7-4-10-29-16/h4,7,10,12-14H,1-3,5-6,8-9,11H2,(H,22,26)(H,23,27). The molecule has 0 aromatic carbocycles. The van der Waals surface area contributed by atoms with Gasteiger partial charge in [0.1, 0.15) is 11.4 Å². The monoisotopic (exact) mass is 444 g/mol. The molecule has 3 heterocycles. The van der Waals surface area contributed by atoms with Gasteiger partial charge in [0.05, 0.1) is 11.7 Å². The first-order chi connectivity index (χ1) is 14.6. The molecule has 1 aliphatic rings. The smallest absolute Gasteiger partial charge is 0.263 e. The van der Waals surface area contributed by atoms with Gasteiger partial charge in [-0.15, -0.1) is 22.7 Å². The normalized spacial score (nSPS) is 14.7. The van der Waals surface area contributed by atoms with Crippen molar-refractivity contribution in [1.29, 1.82) is 0 Å². The van der Waals surface area contributed by atoms with Gasteiger partial charge in [0, 0.05) is 34.8 Å². The SMILES string of the molecule is O=C(Cn1cnc2scc(-c3cccs3)c2c1=O)NCCNC(=O)C1CCCCC1. The Balaban J connectivity index is 1.33. The molecule has 1 saturated carbocycles. The number of carbonyl (C=O) groups is 2. The van der Waals surface area contributed by atoms with Crippen molar-refractivity contribution in [3.05, 3.63) is 39.6 Å². The van der Waals surface area contributed by atoms with Gasteiger partial charge < -0.3 is 10.6 Å². The van der Waals surface area contributed by atoms with Crippen LogP contribution in [0.3, 0.4) is 0 Å². The minimum Gasteiger partial charge on any atom is -0.354 e. The van der Waals surface area contributed by atoms with E-state index in [-0.39, 0.29) is 29.8 Å². The minimum atomic E-state index is -0.280. The molecule has 1 aliphatic carbocycles. The zero-order valence-corrected chi connectivity index (χ0v) is 18.2. The molecule has 158 valence electrons. The van der Waals surface area contributed by atoms with Gasteiger partial charge >= 0.3 is 0 Å². The summed E-state index contributed by atoms with van der Waals surface area (Å²) in [4.78, 5) is 43.4. The number of nitrogens with zero attached hydrogens (tertiary/aromatic N) is 2. The van der Waals surface area contributed by atoms with E-state index in [4.69, 9.17) is 0 Å². The summed E-state index contributed by atoms with van der Waals surface area (Å²) >= 11 is 2.99. The Bertz CT molecular complexity index is 1080. The summed E-state index contributed by atoms with van der Waals surface area (Å²) in [5.74, 6) is -0.0968. The van der Waals surface area contributed by atoms with E-state index >= 15 is 0 Å². The Morgan fingerprint density at radius 3 is 2.70 bits per heavy atom. The quantitative estimate of drug-likeness (QED) is 0.548. The summed E-state index contributed by atoms with van der Waals surface area (Å²) in [5.41, 5.74) is 0.646. The molecule has 0 unspecified atom stereocenters. The van der Waals surface area contributed by atoms with Crippen LogP contribution in [0, 0.1) is 5.92 Å². The summed E-state index contributed by atoms with van der Waals surface area (Å²) in [5, 5.41) is 10.1. The van der Waals surface area contributed by atoms with Gasteiger partial charge in [0.2, 0.25) is 11.8 Å². The molecule has 0 saturated heterocycles. The van der Waals surface area contributed by atoms with Gasteiger partial charge in [-0.05, 0) is 24.3 Å². The van der Waals surface area contributed by atoms with Gasteiger partial charge in [0.15, 0.2) is 0 Å². The van der Waals surface area contributed by atoms with Gasteiger partial charge in [-0.25, -0.2) is 4.98 Å². The van der Waals surface area contributed by atoms with Crippen molar-refractivity contribution in [3.63, 3.8) is 0 Å². The summed E-state index contributed by atoms with van der Waals surface area (Å²) < 4.78 is 1.34. The summed E-state index contributed by atoms with van der Waals surface area (Å²) in [6, 6.07) is 3.91. The van der Waals surface area contributed by atoms with E-state index < -0.39 is 0 Å². The number of thiophene rings is 2. The second-order valence-corrected chi connectivity index (χ2v) is 9.27. The molecule has 9 heteroatoms. The highest BCUT2D eigenvalue weighted by Gasteiger charge is 2.20. The molecule has 7 nitrogen and oxygen atoms in total. The summed E-state index contributed by atoms with van der Waals surface area (Å²) in [6.07, 6.45) is 6.75. The van der Waals surface area contributed by atoms with Gasteiger partial charge in [-0.2, -0.15) is 0 Å². The van der Waals surface area contributed by atoms with E-state index in [1.807, 2.05) is 22.9 Å². The van der Waals surface area contributed by atoms with E-state index in [9.17, 15) is 14.4 Å². The van der Waals surface area contributed by atoms with E-state index in [0.717, 1.165) is 36.1 Å². The molecule has 3 aromatic heterocycles. The fraction of sp³-hybridized carbons (Fsp3) is 0.429. The van der Waals surface area contributed by atoms with Crippen molar-refractivity contribution < 1.29 is 9.59 Å². The van der Waals surface area contributed by atoms with Crippen LogP contribution in [0.1, 0.15) is 32.1 Å². The van der Waals surface area contributed by atoms with Crippen molar-refractivity contribution in [2.45, 2.75) is 38.6 Å². The molecule has 1 fully saturated rings. The maximum atomic E-state index is 12.9. The molecule has 2 amide bonds. The lowest BCUT2D eigenvalue weighted by Crippen LogP contribution is -2.39. The zero-order chi connectivity index (χ0) is 20.9. The van der Waals surface area contributed by atoms with Crippen LogP contribution in [0.25, 0.3) is 20.7 Å². The first-order valence-corrected chi connectivity index (χ1v) is 11.9. The molecule has 2 N–H and O–H groups in total. The maximum absolute atomic E-state index is 12.9. The van der Waals surface area contributed by atoms with E-state index in [1.54, 1.807) is 11.3 Å². The molecular weight excluding hydrogens is 420 g/mol. The van der Waals surface area contributed by atoms with Crippen molar-refractivity contribution in [2.24, 2.45) is 5.92 Å². The zero-order valence-electron chi connectivity index (χ0n) is 16.6. The first kappa shape index (κ1) is 20.7. The average Bonchev–Trinajstić information content (AvgIpc) is 3.43. The predicted molar refractivity (Wildman–Crippen MR) is 120 cm³/mol. The highest BCUT2D eigenvalue weighted by Crippen LogP contribution is 2.33. The van der Waals surface area contributed by atoms with Crippen molar-refractivity contribution in [1.82, 2.24) is 20.2 Å². The number of carbonyl (C=O) groups excluding carboxylic acids is 2. The third-order valence-corrected chi connectivity index (χ3v) is 7.17. The third-order valence-electron chi connectivity index (χ3n) is 5.38. The fourth-order valence-corrected chi connectivity index (χ4v) is 5.52. The van der Waals surface area contributed by atoms with Gasteiger partial charge in [0.25, 0.3) is 5.56 Å². The van der Waals surface area contributed by atoms with Crippen LogP contribution in [0.15, 0.2) is 34.0 Å². The van der Waals surface area contributed by atoms with Gasteiger partial charge in [-0.3, -0.25) is 19.0 Å². The van der Waals surface area contributed by atoms with Gasteiger partial charge in [-0.1, -0.05) is 25.3 Å². The molecular formula is C21H24N4O3S2. The highest BCUT2D eigenvalue weighted by molar-refractivity contribution is 7.18. The van der Waals surface area contributed by atoms with E-state index in [0.29, 0.717) is 23.3 Å². The number of aromatic nitrogens is 2. The Hall–Kier alpha value is -2.52. The van der Waals surface area contributed by atoms with Crippen LogP contribution in [0.4, 0.5) is 0 Å². The topological polar surface area (TPSA) is 93.1 Å². The molecule has 3 aromatic rings. The van der Waals surface area contributed by atoms with Crippen LogP contribution in [0.2, 0.25) is 0 Å². The van der Waals surface area contributed by atoms with Crippen molar-refractivity contribution >= 4 is 44.7 Å². The van der Waals surface area contributed by atoms with E-state index in [1.165, 1.54) is 28.7 Å². The number of rotatable bonds is 7. The van der Waals surface area contributed by atoms with E-state index in [2.05, 4.69) is 15.6 Å². The fourth-order valence-electron chi connectivity index (χ4n) is 3.80. The summed E-state index contributed by atoms with van der Waals surface area (Å²) in [6.45, 7) is 0.624. The van der Waals surface area contributed by atoms with Crippen LogP contribution in [-0.4, -0.2) is 34.5 Å². The second-order valence-electron chi connectivity index (χ2n) is 7.46. The van der Waals surface area contributed by atoms with Crippen LogP contribution >= 0.6 is 22.7 Å². The molecule has 0 aliphatic heterocycles. The van der Waals surface area contributed by atoms with Crippen molar-refractivity contribution in [3.8, 4) is 10.4 Å². The average molecular weight is 445 g/mol. The number of hydrogen-bond acceptors (Lipinski definition) is 6. The number of amides is 2. The molecule has 4 rings (SSSR count). The molecule has 0 atom stereocenters. The maximum Gasteiger partial charge on any atom is 0.263 e. The molecule has 0 spiro atoms. The lowest BCUT2D eigenvalue weighted by Gasteiger charge is -2.20. The number of nitrogens with one attached hydrogen (secondary N) is 2. The third kappa shape index (κ3) is 4.62. The van der Waals surface area contributed by atoms with Crippen LogP contribution in [0.5, 0.6) is 0 Å². The first-order valence-electron chi connectivity index (χ1n) is 10.2. The Labute approximate surface area is 182 Å². The number of hydrogen-bond donors (Lipinski definition) is 2. The van der Waals surface area contributed by atoms with Crippen molar-refractivity contribution in [2.75, 3.05) is 13.1 Å². The Morgan fingerprint density at radius 1 is 1.13 bits per heavy atom. The van der Waals surface area contributed by atoms with Crippen LogP contribution < -0.4 is 16.2 Å². The second kappa shape index (κ2) is 9.53. The highest BCUT2D eigenvalue weighted by atomic mass is 32.1. The molecule has 0 bridgehead atoms.